The monoisotopic (exact) mass is 445 g/mol. The largest absolute Gasteiger partial charge is 0.477 e. The third-order valence-corrected chi connectivity index (χ3v) is 6.44. The predicted molar refractivity (Wildman–Crippen MR) is 116 cm³/mol. The quantitative estimate of drug-likeness (QED) is 0.631. The minimum Gasteiger partial charge on any atom is -0.477 e. The summed E-state index contributed by atoms with van der Waals surface area (Å²) in [6, 6.07) is 3.21. The van der Waals surface area contributed by atoms with Crippen LogP contribution in [0.3, 0.4) is 0 Å². The fraction of sp³-hybridized carbons (Fsp3) is 0.350. The summed E-state index contributed by atoms with van der Waals surface area (Å²) in [6.07, 6.45) is 2.07. The number of carboxylic acid groups (broad SMARTS) is 1. The van der Waals surface area contributed by atoms with Gasteiger partial charge < -0.3 is 20.1 Å². The van der Waals surface area contributed by atoms with Crippen LogP contribution in [-0.4, -0.2) is 53.0 Å². The molecule has 1 aromatic carbocycles. The first-order valence-electron chi connectivity index (χ1n) is 9.77. The van der Waals surface area contributed by atoms with Gasteiger partial charge in [-0.1, -0.05) is 0 Å². The van der Waals surface area contributed by atoms with E-state index < -0.39 is 22.8 Å². The number of aromatic nitrogens is 2. The predicted octanol–water partition coefficient (Wildman–Crippen LogP) is 2.21. The molecule has 1 unspecified atom stereocenters. The molecular formula is C20H20FN5O4S. The lowest BCUT2D eigenvalue weighted by Gasteiger charge is -2.33. The van der Waals surface area contributed by atoms with Gasteiger partial charge in [-0.25, -0.2) is 9.18 Å². The summed E-state index contributed by atoms with van der Waals surface area (Å²) in [4.78, 5) is 26.1. The molecule has 2 aliphatic heterocycles. The van der Waals surface area contributed by atoms with Gasteiger partial charge in [0.25, 0.3) is 0 Å². The zero-order valence-electron chi connectivity index (χ0n) is 16.9. The topological polar surface area (TPSA) is 99.9 Å². The maximum atomic E-state index is 15.3. The third-order valence-electron chi connectivity index (χ3n) is 5.63. The van der Waals surface area contributed by atoms with Crippen LogP contribution in [0, 0.1) is 12.7 Å². The van der Waals surface area contributed by atoms with Crippen molar-refractivity contribution in [3.8, 4) is 5.75 Å². The van der Waals surface area contributed by atoms with Crippen molar-refractivity contribution in [2.75, 3.05) is 42.1 Å². The Morgan fingerprint density at radius 2 is 2.23 bits per heavy atom. The summed E-state index contributed by atoms with van der Waals surface area (Å²) in [5, 5.41) is 15.4. The van der Waals surface area contributed by atoms with E-state index in [1.165, 1.54) is 17.7 Å². The maximum Gasteiger partial charge on any atom is 0.341 e. The van der Waals surface area contributed by atoms with Crippen LogP contribution in [0.25, 0.3) is 10.9 Å². The van der Waals surface area contributed by atoms with E-state index in [4.69, 9.17) is 4.74 Å². The number of nitrogens with zero attached hydrogens (tertiary/aromatic N) is 4. The van der Waals surface area contributed by atoms with Gasteiger partial charge in [0.1, 0.15) is 21.8 Å². The highest BCUT2D eigenvalue weighted by atomic mass is 32.1. The molecule has 0 saturated carbocycles. The minimum atomic E-state index is -1.35. The fourth-order valence-corrected chi connectivity index (χ4v) is 4.92. The van der Waals surface area contributed by atoms with E-state index in [1.54, 1.807) is 16.7 Å². The number of halogens is 1. The number of hydrogen-bond donors (Lipinski definition) is 2. The van der Waals surface area contributed by atoms with Crippen molar-refractivity contribution in [3.05, 3.63) is 45.6 Å². The number of carboxylic acids is 1. The Morgan fingerprint density at radius 1 is 1.42 bits per heavy atom. The summed E-state index contributed by atoms with van der Waals surface area (Å²) in [7, 11) is 1.70. The van der Waals surface area contributed by atoms with E-state index in [9.17, 15) is 14.7 Å². The molecule has 2 aliphatic rings. The number of anilines is 2. The van der Waals surface area contributed by atoms with Crippen LogP contribution in [0.2, 0.25) is 0 Å². The molecule has 11 heteroatoms. The molecule has 9 nitrogen and oxygen atoms in total. The number of aryl methyl sites for hydroxylation is 1. The van der Waals surface area contributed by atoms with Gasteiger partial charge in [-0.05, 0) is 37.0 Å². The molecular weight excluding hydrogens is 425 g/mol. The number of benzene rings is 1. The lowest BCUT2D eigenvalue weighted by Crippen LogP contribution is -2.40. The molecule has 1 atom stereocenters. The van der Waals surface area contributed by atoms with E-state index >= 15 is 4.39 Å². The molecule has 0 radical (unpaired) electrons. The zero-order chi connectivity index (χ0) is 21.9. The number of pyridine rings is 1. The normalized spacial score (nSPS) is 17.8. The van der Waals surface area contributed by atoms with Crippen LogP contribution in [0.4, 0.5) is 15.1 Å². The van der Waals surface area contributed by atoms with Gasteiger partial charge in [-0.15, -0.1) is 0 Å². The van der Waals surface area contributed by atoms with Gasteiger partial charge in [0, 0.05) is 32.4 Å². The molecule has 5 rings (SSSR count). The second-order valence-electron chi connectivity index (χ2n) is 7.79. The zero-order valence-corrected chi connectivity index (χ0v) is 17.7. The summed E-state index contributed by atoms with van der Waals surface area (Å²) >= 11 is 1.39. The molecule has 4 heterocycles. The first kappa shape index (κ1) is 19.6. The first-order valence-corrected chi connectivity index (χ1v) is 10.5. The molecule has 0 bridgehead atoms. The van der Waals surface area contributed by atoms with Crippen molar-refractivity contribution in [3.63, 3.8) is 0 Å². The standard InChI is InChI=1S/C20H20FN5O4S/c1-10-5-15(31-23-10)22-11-3-4-25(7-11)17-14(21)6-12-16-19(17)30-9-24(2)26(16)8-13(18(12)27)20(28)29/h5-6,8,11,22H,3-4,7,9H2,1-2H3,(H,28,29). The van der Waals surface area contributed by atoms with Gasteiger partial charge in [0.05, 0.1) is 11.1 Å². The third kappa shape index (κ3) is 3.16. The van der Waals surface area contributed by atoms with Gasteiger partial charge in [0.2, 0.25) is 5.43 Å². The number of carbonyl (C=O) groups is 1. The minimum absolute atomic E-state index is 0.0169. The molecule has 31 heavy (non-hydrogen) atoms. The van der Waals surface area contributed by atoms with Crippen LogP contribution in [-0.2, 0) is 0 Å². The lowest BCUT2D eigenvalue weighted by atomic mass is 10.1. The van der Waals surface area contributed by atoms with E-state index in [0.29, 0.717) is 24.3 Å². The number of rotatable bonds is 4. The Morgan fingerprint density at radius 3 is 2.94 bits per heavy atom. The molecule has 1 saturated heterocycles. The fourth-order valence-electron chi connectivity index (χ4n) is 4.18. The summed E-state index contributed by atoms with van der Waals surface area (Å²) in [5.41, 5.74) is 0.468. The van der Waals surface area contributed by atoms with Gasteiger partial charge in [-0.3, -0.25) is 14.5 Å². The Labute approximate surface area is 180 Å². The number of aromatic carboxylic acids is 1. The Hall–Kier alpha value is -3.34. The maximum absolute atomic E-state index is 15.3. The molecule has 1 fully saturated rings. The van der Waals surface area contributed by atoms with Crippen LogP contribution in [0.15, 0.2) is 23.1 Å². The SMILES string of the molecule is Cc1cc(NC2CCN(c3c(F)cc4c(=O)c(C(=O)O)cn5c4c3OCN5C)C2)sn1. The highest BCUT2D eigenvalue weighted by Crippen LogP contribution is 2.41. The molecule has 2 aromatic heterocycles. The van der Waals surface area contributed by atoms with E-state index in [0.717, 1.165) is 23.2 Å². The second kappa shape index (κ2) is 7.12. The molecule has 2 N–H and O–H groups in total. The van der Waals surface area contributed by atoms with Crippen LogP contribution >= 0.6 is 11.5 Å². The number of nitrogens with one attached hydrogen (secondary N) is 1. The van der Waals surface area contributed by atoms with Crippen LogP contribution in [0.5, 0.6) is 5.75 Å². The average Bonchev–Trinajstić information content (AvgIpc) is 3.34. The summed E-state index contributed by atoms with van der Waals surface area (Å²) in [5.74, 6) is -1.70. The van der Waals surface area contributed by atoms with Crippen molar-refractivity contribution >= 4 is 39.1 Å². The molecule has 162 valence electrons. The summed E-state index contributed by atoms with van der Waals surface area (Å²) in [6.45, 7) is 3.20. The van der Waals surface area contributed by atoms with E-state index in [2.05, 4.69) is 9.69 Å². The van der Waals surface area contributed by atoms with Crippen molar-refractivity contribution in [1.29, 1.82) is 0 Å². The Bertz CT molecular complexity index is 1270. The van der Waals surface area contributed by atoms with Crippen molar-refractivity contribution < 1.29 is 19.0 Å². The average molecular weight is 445 g/mol. The summed E-state index contributed by atoms with van der Waals surface area (Å²) < 4.78 is 27.0. The lowest BCUT2D eigenvalue weighted by molar-refractivity contribution is 0.0694. The van der Waals surface area contributed by atoms with Gasteiger partial charge in [0.15, 0.2) is 18.3 Å². The van der Waals surface area contributed by atoms with Crippen LogP contribution < -0.4 is 25.4 Å². The van der Waals surface area contributed by atoms with Gasteiger partial charge in [-0.2, -0.15) is 4.37 Å². The molecule has 0 aliphatic carbocycles. The van der Waals surface area contributed by atoms with Gasteiger partial charge >= 0.3 is 5.97 Å². The van der Waals surface area contributed by atoms with Crippen LogP contribution in [0.1, 0.15) is 22.5 Å². The highest BCUT2D eigenvalue weighted by Gasteiger charge is 2.32. The Balaban J connectivity index is 1.58. The van der Waals surface area contributed by atoms with E-state index in [-0.39, 0.29) is 23.9 Å². The first-order chi connectivity index (χ1) is 14.8. The number of ether oxygens (including phenoxy) is 1. The second-order valence-corrected chi connectivity index (χ2v) is 8.60. The van der Waals surface area contributed by atoms with E-state index in [1.807, 2.05) is 17.9 Å². The van der Waals surface area contributed by atoms with Crippen molar-refractivity contribution in [2.45, 2.75) is 19.4 Å². The highest BCUT2D eigenvalue weighted by molar-refractivity contribution is 7.10. The molecule has 0 spiro atoms. The molecule has 3 aromatic rings. The smallest absolute Gasteiger partial charge is 0.341 e. The van der Waals surface area contributed by atoms with Crippen molar-refractivity contribution in [2.24, 2.45) is 0 Å². The Kier molecular flexibility index (Phi) is 4.50. The number of hydrogen-bond acceptors (Lipinski definition) is 8. The molecule has 0 amide bonds. The van der Waals surface area contributed by atoms with Crippen molar-refractivity contribution in [1.82, 2.24) is 9.05 Å².